The van der Waals surface area contributed by atoms with Crippen LogP contribution in [0.2, 0.25) is 0 Å². The zero-order valence-corrected chi connectivity index (χ0v) is 17.8. The lowest BCUT2D eigenvalue weighted by Crippen LogP contribution is -2.24. The number of carbonyl (C=O) groups is 1. The predicted molar refractivity (Wildman–Crippen MR) is 122 cm³/mol. The number of carbonyl (C=O) groups excluding carboxylic acids is 1. The summed E-state index contributed by atoms with van der Waals surface area (Å²) in [5, 5.41) is 5.95. The number of amides is 1. The zero-order valence-electron chi connectivity index (χ0n) is 17.0. The molecule has 5 nitrogen and oxygen atoms in total. The Morgan fingerprint density at radius 2 is 1.77 bits per heavy atom. The zero-order chi connectivity index (χ0) is 21.3. The number of pyridine rings is 1. The summed E-state index contributed by atoms with van der Waals surface area (Å²) in [7, 11) is 0. The molecule has 31 heavy (non-hydrogen) atoms. The first-order valence-electron chi connectivity index (χ1n) is 10.1. The second kappa shape index (κ2) is 10.5. The number of benzene rings is 2. The monoisotopic (exact) mass is 429 g/mol. The molecule has 4 aromatic rings. The summed E-state index contributed by atoms with van der Waals surface area (Å²) < 4.78 is 5.80. The molecule has 0 radical (unpaired) electrons. The van der Waals surface area contributed by atoms with E-state index < -0.39 is 0 Å². The molecule has 0 saturated carbocycles. The van der Waals surface area contributed by atoms with Gasteiger partial charge in [-0.3, -0.25) is 9.78 Å². The molecular weight excluding hydrogens is 406 g/mol. The molecule has 156 valence electrons. The van der Waals surface area contributed by atoms with Crippen LogP contribution in [0.4, 0.5) is 0 Å². The van der Waals surface area contributed by atoms with Gasteiger partial charge in [0.15, 0.2) is 0 Å². The smallest absolute Gasteiger partial charge is 0.226 e. The highest BCUT2D eigenvalue weighted by Crippen LogP contribution is 2.16. The molecule has 0 aliphatic rings. The van der Waals surface area contributed by atoms with Gasteiger partial charge < -0.3 is 10.1 Å². The molecule has 1 amide bonds. The van der Waals surface area contributed by atoms with E-state index in [1.165, 1.54) is 5.56 Å². The predicted octanol–water partition coefficient (Wildman–Crippen LogP) is 4.57. The van der Waals surface area contributed by atoms with Crippen molar-refractivity contribution in [2.24, 2.45) is 0 Å². The number of nitrogens with one attached hydrogen (secondary N) is 1. The maximum absolute atomic E-state index is 12.4. The van der Waals surface area contributed by atoms with Crippen LogP contribution in [0.5, 0.6) is 5.75 Å². The molecule has 2 aromatic heterocycles. The lowest BCUT2D eigenvalue weighted by molar-refractivity contribution is -0.120. The molecule has 4 rings (SSSR count). The van der Waals surface area contributed by atoms with Gasteiger partial charge >= 0.3 is 0 Å². The minimum atomic E-state index is -0.0450. The van der Waals surface area contributed by atoms with Gasteiger partial charge in [0.05, 0.1) is 22.8 Å². The number of hydrogen-bond acceptors (Lipinski definition) is 5. The third-order valence-electron chi connectivity index (χ3n) is 4.64. The van der Waals surface area contributed by atoms with E-state index in [0.29, 0.717) is 13.2 Å². The molecule has 1 N–H and O–H groups in total. The van der Waals surface area contributed by atoms with Crippen LogP contribution in [0.15, 0.2) is 84.4 Å². The molecule has 0 unspecified atom stereocenters. The Labute approximate surface area is 185 Å². The molecule has 0 spiro atoms. The molecule has 0 saturated heterocycles. The number of rotatable bonds is 9. The van der Waals surface area contributed by atoms with Crippen molar-refractivity contribution in [3.05, 3.63) is 112 Å². The molecule has 0 aliphatic heterocycles. The van der Waals surface area contributed by atoms with Crippen molar-refractivity contribution >= 4 is 17.2 Å². The van der Waals surface area contributed by atoms with Crippen LogP contribution >= 0.6 is 11.3 Å². The molecule has 0 aliphatic carbocycles. The Morgan fingerprint density at radius 3 is 2.61 bits per heavy atom. The van der Waals surface area contributed by atoms with E-state index in [-0.39, 0.29) is 12.3 Å². The maximum Gasteiger partial charge on any atom is 0.226 e. The first kappa shape index (κ1) is 20.8. The number of hydrogen-bond donors (Lipinski definition) is 1. The Morgan fingerprint density at radius 1 is 0.935 bits per heavy atom. The summed E-state index contributed by atoms with van der Waals surface area (Å²) in [5.74, 6) is 0.707. The fourth-order valence-electron chi connectivity index (χ4n) is 3.10. The first-order chi connectivity index (χ1) is 15.2. The minimum absolute atomic E-state index is 0.0450. The van der Waals surface area contributed by atoms with E-state index in [2.05, 4.69) is 27.4 Å². The van der Waals surface area contributed by atoms with Crippen molar-refractivity contribution in [1.29, 1.82) is 0 Å². The minimum Gasteiger partial charge on any atom is -0.487 e. The Balaban J connectivity index is 1.25. The summed E-state index contributed by atoms with van der Waals surface area (Å²) in [5.41, 5.74) is 3.88. The third kappa shape index (κ3) is 6.49. The van der Waals surface area contributed by atoms with Gasteiger partial charge in [-0.2, -0.15) is 0 Å². The first-order valence-corrected chi connectivity index (χ1v) is 11.0. The van der Waals surface area contributed by atoms with Crippen LogP contribution in [0, 0.1) is 0 Å². The standard InChI is InChI=1S/C25H23N3O2S/c29-24(15-22-18-31-25(28-22)14-19-7-2-1-3-8-19)27-16-20-9-6-11-23(13-20)30-17-21-10-4-5-12-26-21/h1-13,18H,14-17H2,(H,27,29). The Kier molecular flexibility index (Phi) is 7.03. The Bertz CT molecular complexity index is 1110. The molecule has 6 heteroatoms. The van der Waals surface area contributed by atoms with Crippen LogP contribution in [0.1, 0.15) is 27.5 Å². The van der Waals surface area contributed by atoms with Crippen LogP contribution in [-0.2, 0) is 30.8 Å². The van der Waals surface area contributed by atoms with E-state index in [0.717, 1.165) is 34.1 Å². The van der Waals surface area contributed by atoms with E-state index in [9.17, 15) is 4.79 Å². The number of nitrogens with zero attached hydrogens (tertiary/aromatic N) is 2. The van der Waals surface area contributed by atoms with Crippen LogP contribution in [0.3, 0.4) is 0 Å². The summed E-state index contributed by atoms with van der Waals surface area (Å²) in [6.07, 6.45) is 2.82. The summed E-state index contributed by atoms with van der Waals surface area (Å²) in [4.78, 5) is 21.2. The highest BCUT2D eigenvalue weighted by atomic mass is 32.1. The van der Waals surface area contributed by atoms with E-state index >= 15 is 0 Å². The van der Waals surface area contributed by atoms with Gasteiger partial charge in [0, 0.05) is 24.5 Å². The van der Waals surface area contributed by atoms with Gasteiger partial charge in [-0.1, -0.05) is 48.5 Å². The van der Waals surface area contributed by atoms with E-state index in [1.54, 1.807) is 17.5 Å². The van der Waals surface area contributed by atoms with Gasteiger partial charge in [-0.05, 0) is 35.4 Å². The fourth-order valence-corrected chi connectivity index (χ4v) is 3.92. The largest absolute Gasteiger partial charge is 0.487 e. The van der Waals surface area contributed by atoms with Gasteiger partial charge in [0.2, 0.25) is 5.91 Å². The summed E-state index contributed by atoms with van der Waals surface area (Å²) in [6.45, 7) is 0.854. The van der Waals surface area contributed by atoms with Crippen molar-refractivity contribution in [3.63, 3.8) is 0 Å². The second-order valence-electron chi connectivity index (χ2n) is 7.11. The van der Waals surface area contributed by atoms with Crippen molar-refractivity contribution in [1.82, 2.24) is 15.3 Å². The van der Waals surface area contributed by atoms with Crippen molar-refractivity contribution in [2.45, 2.75) is 26.0 Å². The average Bonchev–Trinajstić information content (AvgIpc) is 3.24. The third-order valence-corrected chi connectivity index (χ3v) is 5.54. The average molecular weight is 430 g/mol. The van der Waals surface area contributed by atoms with Gasteiger partial charge in [0.1, 0.15) is 12.4 Å². The van der Waals surface area contributed by atoms with Gasteiger partial charge in [-0.25, -0.2) is 4.98 Å². The topological polar surface area (TPSA) is 64.1 Å². The van der Waals surface area contributed by atoms with Gasteiger partial charge in [0.25, 0.3) is 0 Å². The van der Waals surface area contributed by atoms with Crippen molar-refractivity contribution in [2.75, 3.05) is 0 Å². The normalized spacial score (nSPS) is 10.6. The van der Waals surface area contributed by atoms with Crippen molar-refractivity contribution < 1.29 is 9.53 Å². The van der Waals surface area contributed by atoms with E-state index in [4.69, 9.17) is 4.74 Å². The number of thiazole rings is 1. The van der Waals surface area contributed by atoms with Crippen LogP contribution in [-0.4, -0.2) is 15.9 Å². The molecular formula is C25H23N3O2S. The molecule has 2 heterocycles. The second-order valence-corrected chi connectivity index (χ2v) is 8.05. The fraction of sp³-hybridized carbons (Fsp3) is 0.160. The maximum atomic E-state index is 12.4. The molecule has 0 fully saturated rings. The van der Waals surface area contributed by atoms with Crippen molar-refractivity contribution in [3.8, 4) is 5.75 Å². The summed E-state index contributed by atoms with van der Waals surface area (Å²) in [6, 6.07) is 23.7. The van der Waals surface area contributed by atoms with Crippen LogP contribution in [0.25, 0.3) is 0 Å². The van der Waals surface area contributed by atoms with Crippen LogP contribution < -0.4 is 10.1 Å². The van der Waals surface area contributed by atoms with Gasteiger partial charge in [-0.15, -0.1) is 11.3 Å². The lowest BCUT2D eigenvalue weighted by Gasteiger charge is -2.09. The molecule has 2 aromatic carbocycles. The quantitative estimate of drug-likeness (QED) is 0.423. The highest BCUT2D eigenvalue weighted by Gasteiger charge is 2.09. The SMILES string of the molecule is O=C(Cc1csc(Cc2ccccc2)n1)NCc1cccc(OCc2ccccn2)c1. The summed E-state index contributed by atoms with van der Waals surface area (Å²) >= 11 is 1.59. The Hall–Kier alpha value is -3.51. The molecule has 0 atom stereocenters. The number of ether oxygens (including phenoxy) is 1. The molecule has 0 bridgehead atoms. The highest BCUT2D eigenvalue weighted by molar-refractivity contribution is 7.09. The van der Waals surface area contributed by atoms with E-state index in [1.807, 2.05) is 66.0 Å². The lowest BCUT2D eigenvalue weighted by atomic mass is 10.2. The number of aromatic nitrogens is 2.